The van der Waals surface area contributed by atoms with Gasteiger partial charge in [0.1, 0.15) is 0 Å². The van der Waals surface area contributed by atoms with Crippen LogP contribution in [-0.2, 0) is 23.7 Å². The summed E-state index contributed by atoms with van der Waals surface area (Å²) in [7, 11) is 0. The lowest BCUT2D eigenvalue weighted by atomic mass is 9.81. The number of hydrogen-bond acceptors (Lipinski definition) is 2. The van der Waals surface area contributed by atoms with E-state index >= 15 is 0 Å². The van der Waals surface area contributed by atoms with E-state index in [4.69, 9.17) is 9.97 Å². The molecule has 0 atom stereocenters. The number of fused-ring (bicyclic) bond motifs is 7. The van der Waals surface area contributed by atoms with Gasteiger partial charge in [-0.2, -0.15) is 0 Å². The molecule has 0 fully saturated rings. The molecule has 0 aliphatic heterocycles. The minimum Gasteiger partial charge on any atom is -0.232 e. The molecular weight excluding hydrogens is 581 g/mol. The van der Waals surface area contributed by atoms with Crippen molar-refractivity contribution in [2.45, 2.75) is 90.9 Å². The molecular formula is C46H46N2. The summed E-state index contributed by atoms with van der Waals surface area (Å²) in [6.07, 6.45) is 6.41. The Morgan fingerprint density at radius 3 is 1.31 bits per heavy atom. The minimum atomic E-state index is -0.0420. The monoisotopic (exact) mass is 626 g/mol. The van der Waals surface area contributed by atoms with Crippen LogP contribution >= 0.6 is 0 Å². The predicted octanol–water partition coefficient (Wildman–Crippen LogP) is 12.3. The van der Waals surface area contributed by atoms with Gasteiger partial charge in [0.2, 0.25) is 0 Å². The SMILES string of the molecule is CCCCc1nc2nc(CCCC)c(-c3ccc4c(c3)C(C)(C)c3ccccc3-4)cc2cc1-c1ccc2c(c1)C(C)(C)c1ccccc1-2. The third-order valence-corrected chi connectivity index (χ3v) is 11.3. The third kappa shape index (κ3) is 4.75. The van der Waals surface area contributed by atoms with E-state index in [1.54, 1.807) is 0 Å². The fourth-order valence-corrected chi connectivity index (χ4v) is 8.49. The lowest BCUT2D eigenvalue weighted by Crippen LogP contribution is -2.15. The Morgan fingerprint density at radius 1 is 0.458 bits per heavy atom. The molecule has 0 saturated carbocycles. The van der Waals surface area contributed by atoms with Gasteiger partial charge >= 0.3 is 0 Å². The van der Waals surface area contributed by atoms with Crippen LogP contribution in [0.25, 0.3) is 55.5 Å². The van der Waals surface area contributed by atoms with Gasteiger partial charge in [-0.05, 0) is 106 Å². The average Bonchev–Trinajstić information content (AvgIpc) is 3.48. The highest BCUT2D eigenvalue weighted by atomic mass is 14.9. The van der Waals surface area contributed by atoms with Crippen LogP contribution in [-0.4, -0.2) is 9.97 Å². The first kappa shape index (κ1) is 30.8. The molecule has 240 valence electrons. The Morgan fingerprint density at radius 2 is 0.875 bits per heavy atom. The largest absolute Gasteiger partial charge is 0.232 e. The zero-order valence-corrected chi connectivity index (χ0v) is 29.4. The van der Waals surface area contributed by atoms with Crippen LogP contribution in [0.1, 0.15) is 101 Å². The number of hydrogen-bond donors (Lipinski definition) is 0. The lowest BCUT2D eigenvalue weighted by molar-refractivity contribution is 0.660. The molecule has 4 aromatic carbocycles. The van der Waals surface area contributed by atoms with Gasteiger partial charge in [0.25, 0.3) is 0 Å². The molecule has 0 saturated heterocycles. The summed E-state index contributed by atoms with van der Waals surface area (Å²) in [5, 5.41) is 1.12. The molecule has 2 aliphatic carbocycles. The number of pyridine rings is 2. The summed E-state index contributed by atoms with van der Waals surface area (Å²) >= 11 is 0. The van der Waals surface area contributed by atoms with Crippen molar-refractivity contribution in [3.8, 4) is 44.5 Å². The van der Waals surface area contributed by atoms with Crippen molar-refractivity contribution < 1.29 is 0 Å². The summed E-state index contributed by atoms with van der Waals surface area (Å²) in [4.78, 5) is 10.7. The number of aryl methyl sites for hydroxylation is 2. The van der Waals surface area contributed by atoms with E-state index in [0.717, 1.165) is 60.9 Å². The highest BCUT2D eigenvalue weighted by molar-refractivity contribution is 5.90. The number of unbranched alkanes of at least 4 members (excludes halogenated alkanes) is 2. The molecule has 6 aromatic rings. The van der Waals surface area contributed by atoms with Crippen molar-refractivity contribution >= 4 is 11.0 Å². The van der Waals surface area contributed by atoms with Crippen molar-refractivity contribution in [2.24, 2.45) is 0 Å². The molecule has 0 N–H and O–H groups in total. The van der Waals surface area contributed by atoms with Gasteiger partial charge in [-0.15, -0.1) is 0 Å². The van der Waals surface area contributed by atoms with Gasteiger partial charge in [0.15, 0.2) is 5.65 Å². The Balaban J connectivity index is 1.29. The van der Waals surface area contributed by atoms with Gasteiger partial charge in [-0.3, -0.25) is 0 Å². The standard InChI is InChI=1S/C46H46N2/c1-7-9-19-42-36(29-21-23-34-32-15-11-13-17-38(32)45(3,4)40(34)27-29)25-31-26-37(43(20-10-8-2)48-44(31)47-42)30-22-24-35-33-16-12-14-18-39(33)46(5,6)41(35)28-30/h11-18,21-28H,7-10,19-20H2,1-6H3. The minimum absolute atomic E-state index is 0.0420. The van der Waals surface area contributed by atoms with E-state index in [1.165, 1.54) is 66.8 Å². The Bertz CT molecular complexity index is 2060. The van der Waals surface area contributed by atoms with E-state index in [0.29, 0.717) is 0 Å². The quantitative estimate of drug-likeness (QED) is 0.168. The van der Waals surface area contributed by atoms with Crippen LogP contribution in [0.15, 0.2) is 97.1 Å². The van der Waals surface area contributed by atoms with E-state index in [-0.39, 0.29) is 10.8 Å². The second kappa shape index (κ2) is 11.5. The zero-order chi connectivity index (χ0) is 33.2. The second-order valence-electron chi connectivity index (χ2n) is 15.1. The van der Waals surface area contributed by atoms with Crippen LogP contribution in [0.3, 0.4) is 0 Å². The Labute approximate surface area is 286 Å². The molecule has 8 rings (SSSR count). The number of aromatic nitrogens is 2. The van der Waals surface area contributed by atoms with E-state index in [1.807, 2.05) is 0 Å². The molecule has 2 heterocycles. The molecule has 2 heteroatoms. The smallest absolute Gasteiger partial charge is 0.159 e. The van der Waals surface area contributed by atoms with Crippen molar-refractivity contribution in [3.05, 3.63) is 131 Å². The summed E-state index contributed by atoms with van der Waals surface area (Å²) in [6, 6.07) is 36.8. The Hall–Kier alpha value is -4.56. The highest BCUT2D eigenvalue weighted by Gasteiger charge is 2.36. The maximum Gasteiger partial charge on any atom is 0.159 e. The van der Waals surface area contributed by atoms with Crippen LogP contribution in [0.5, 0.6) is 0 Å². The fourth-order valence-electron chi connectivity index (χ4n) is 8.49. The van der Waals surface area contributed by atoms with Crippen LogP contribution < -0.4 is 0 Å². The number of benzene rings is 4. The summed E-state index contributed by atoms with van der Waals surface area (Å²) in [6.45, 7) is 14.0. The van der Waals surface area contributed by atoms with Gasteiger partial charge < -0.3 is 0 Å². The molecule has 2 aromatic heterocycles. The average molecular weight is 627 g/mol. The predicted molar refractivity (Wildman–Crippen MR) is 203 cm³/mol. The van der Waals surface area contributed by atoms with Gasteiger partial charge in [0.05, 0.1) is 11.4 Å². The lowest BCUT2D eigenvalue weighted by Gasteiger charge is -2.22. The second-order valence-corrected chi connectivity index (χ2v) is 15.1. The Kier molecular flexibility index (Phi) is 7.40. The van der Waals surface area contributed by atoms with Crippen molar-refractivity contribution in [1.29, 1.82) is 0 Å². The first-order chi connectivity index (χ1) is 23.2. The summed E-state index contributed by atoms with van der Waals surface area (Å²) in [5.74, 6) is 0. The first-order valence-corrected chi connectivity index (χ1v) is 18.1. The third-order valence-electron chi connectivity index (χ3n) is 11.3. The maximum absolute atomic E-state index is 5.36. The summed E-state index contributed by atoms with van der Waals surface area (Å²) < 4.78 is 0. The van der Waals surface area contributed by atoms with Crippen LogP contribution in [0.2, 0.25) is 0 Å². The molecule has 0 bridgehead atoms. The van der Waals surface area contributed by atoms with Gasteiger partial charge in [-0.25, -0.2) is 9.97 Å². The molecule has 0 spiro atoms. The normalized spacial score (nSPS) is 14.9. The topological polar surface area (TPSA) is 25.8 Å². The van der Waals surface area contributed by atoms with Crippen molar-refractivity contribution in [1.82, 2.24) is 9.97 Å². The molecule has 0 amide bonds. The fraction of sp³-hybridized carbons (Fsp3) is 0.304. The van der Waals surface area contributed by atoms with Crippen molar-refractivity contribution in [3.63, 3.8) is 0 Å². The molecule has 2 aliphatic rings. The first-order valence-electron chi connectivity index (χ1n) is 18.1. The summed E-state index contributed by atoms with van der Waals surface area (Å²) in [5.41, 5.74) is 19.2. The number of rotatable bonds is 8. The maximum atomic E-state index is 5.36. The van der Waals surface area contributed by atoms with Crippen LogP contribution in [0.4, 0.5) is 0 Å². The van der Waals surface area contributed by atoms with Crippen LogP contribution in [0, 0.1) is 0 Å². The van der Waals surface area contributed by atoms with Gasteiger partial charge in [0, 0.05) is 27.3 Å². The molecule has 2 nitrogen and oxygen atoms in total. The molecule has 0 unspecified atom stereocenters. The molecule has 48 heavy (non-hydrogen) atoms. The van der Waals surface area contributed by atoms with E-state index in [2.05, 4.69) is 139 Å². The number of nitrogens with zero attached hydrogens (tertiary/aromatic N) is 2. The molecule has 0 radical (unpaired) electrons. The van der Waals surface area contributed by atoms with E-state index < -0.39 is 0 Å². The van der Waals surface area contributed by atoms with Gasteiger partial charge in [-0.1, -0.05) is 127 Å². The highest BCUT2D eigenvalue weighted by Crippen LogP contribution is 2.51. The zero-order valence-electron chi connectivity index (χ0n) is 29.4. The van der Waals surface area contributed by atoms with Crippen molar-refractivity contribution in [2.75, 3.05) is 0 Å². The van der Waals surface area contributed by atoms with E-state index in [9.17, 15) is 0 Å².